The summed E-state index contributed by atoms with van der Waals surface area (Å²) in [5.74, 6) is 1.32. The number of hydrogen-bond acceptors (Lipinski definition) is 17. The molecule has 0 bridgehead atoms. The Hall–Kier alpha value is -5.29. The van der Waals surface area contributed by atoms with Crippen LogP contribution in [-0.2, 0) is 71.8 Å². The molecule has 74 heavy (non-hydrogen) atoms. The lowest BCUT2D eigenvalue weighted by molar-refractivity contribution is -0.142. The second-order valence-corrected chi connectivity index (χ2v) is 23.3. The number of carboxylic acid groups (broad SMARTS) is 1. The molecule has 0 radical (unpaired) electrons. The van der Waals surface area contributed by atoms with Gasteiger partial charge in [0, 0.05) is 53.9 Å². The molecule has 27 heteroatoms. The number of carbonyl (C=O) groups is 3. The Morgan fingerprint density at radius 3 is 1.24 bits per heavy atom. The van der Waals surface area contributed by atoms with Crippen LogP contribution in [0.3, 0.4) is 0 Å². The summed E-state index contributed by atoms with van der Waals surface area (Å²) in [5.41, 5.74) is 3.65. The Balaban J connectivity index is 0.000000299. The quantitative estimate of drug-likeness (QED) is 0.0778. The molecule has 5 rings (SSSR count). The van der Waals surface area contributed by atoms with Crippen LogP contribution in [0.2, 0.25) is 0 Å². The number of halogens is 1. The van der Waals surface area contributed by atoms with Crippen molar-refractivity contribution in [2.24, 2.45) is 0 Å². The molecule has 0 fully saturated rings. The minimum absolute atomic E-state index is 0.0102. The van der Waals surface area contributed by atoms with Crippen LogP contribution in [0, 0.1) is 41.5 Å². The number of nitrogens with zero attached hydrogens (tertiary/aromatic N) is 7. The summed E-state index contributed by atoms with van der Waals surface area (Å²) >= 11 is 5.14. The van der Waals surface area contributed by atoms with E-state index in [1.54, 1.807) is 96.3 Å². The zero-order valence-electron chi connectivity index (χ0n) is 43.8. The zero-order valence-corrected chi connectivity index (χ0v) is 47.0. The number of aryl methyl sites for hydroxylation is 6. The second-order valence-electron chi connectivity index (χ2n) is 16.9. The topological polar surface area (TPSA) is 273 Å². The molecule has 3 aromatic carbocycles. The number of aromatic nitrogens is 3. The number of ether oxygens (including phenoxy) is 6. The molecule has 1 aromatic heterocycles. The van der Waals surface area contributed by atoms with Crippen molar-refractivity contribution in [1.29, 1.82) is 0 Å². The van der Waals surface area contributed by atoms with E-state index in [1.807, 2.05) is 4.57 Å². The highest BCUT2D eigenvalue weighted by Gasteiger charge is 2.29. The average Bonchev–Trinajstić information content (AvgIpc) is 3.80. The summed E-state index contributed by atoms with van der Waals surface area (Å²) < 4.78 is 113. The van der Waals surface area contributed by atoms with Crippen LogP contribution >= 0.6 is 11.6 Å². The fourth-order valence-electron chi connectivity index (χ4n) is 7.56. The first-order valence-electron chi connectivity index (χ1n) is 22.8. The molecular formula is C47H68ClN7O16S3. The van der Waals surface area contributed by atoms with Crippen molar-refractivity contribution in [2.45, 2.75) is 69.3 Å². The van der Waals surface area contributed by atoms with Gasteiger partial charge in [0.05, 0.1) is 62.4 Å². The summed E-state index contributed by atoms with van der Waals surface area (Å²) in [7, 11) is -2.02. The van der Waals surface area contributed by atoms with E-state index in [-0.39, 0.29) is 73.3 Å². The van der Waals surface area contributed by atoms with Crippen molar-refractivity contribution in [3.8, 4) is 17.2 Å². The number of hydrogen-bond donors (Lipinski definition) is 1. The van der Waals surface area contributed by atoms with E-state index in [4.69, 9.17) is 45.1 Å². The Morgan fingerprint density at radius 1 is 0.581 bits per heavy atom. The molecule has 0 saturated heterocycles. The Labute approximate surface area is 439 Å². The van der Waals surface area contributed by atoms with Crippen molar-refractivity contribution in [2.75, 3.05) is 108 Å². The fourth-order valence-corrected chi connectivity index (χ4v) is 12.3. The maximum Gasteiger partial charge on any atom is 0.329 e. The van der Waals surface area contributed by atoms with E-state index in [0.717, 1.165) is 10.1 Å². The molecular weight excluding hydrogens is 1050 g/mol. The number of rotatable bonds is 24. The van der Waals surface area contributed by atoms with Gasteiger partial charge in [-0.3, -0.25) is 9.59 Å². The summed E-state index contributed by atoms with van der Waals surface area (Å²) in [6.07, 6.45) is 1.65. The molecule has 0 unspecified atom stereocenters. The molecule has 23 nitrogen and oxygen atoms in total. The summed E-state index contributed by atoms with van der Waals surface area (Å²) in [6.45, 7) is 11.7. The van der Waals surface area contributed by atoms with Crippen LogP contribution in [0.1, 0.15) is 39.2 Å². The Bertz CT molecular complexity index is 2740. The van der Waals surface area contributed by atoms with Gasteiger partial charge in [-0.2, -0.15) is 12.9 Å². The lowest BCUT2D eigenvalue weighted by Crippen LogP contribution is -2.40. The largest absolute Gasteiger partial charge is 0.497 e. The second kappa shape index (κ2) is 28.6. The number of amides is 1. The van der Waals surface area contributed by atoms with Crippen molar-refractivity contribution >= 4 is 58.8 Å². The number of sulfonamides is 3. The average molecular weight is 1120 g/mol. The van der Waals surface area contributed by atoms with Gasteiger partial charge in [-0.05, 0) is 123 Å². The van der Waals surface area contributed by atoms with Crippen LogP contribution in [0.25, 0.3) is 0 Å². The first-order valence-corrected chi connectivity index (χ1v) is 27.5. The van der Waals surface area contributed by atoms with Gasteiger partial charge in [-0.25, -0.2) is 30.0 Å². The number of benzene rings is 3. The number of methoxy groups -OCH3 is 3. The van der Waals surface area contributed by atoms with Gasteiger partial charge in [0.2, 0.25) is 41.2 Å². The molecule has 0 spiro atoms. The third-order valence-electron chi connectivity index (χ3n) is 11.3. The predicted molar refractivity (Wildman–Crippen MR) is 273 cm³/mol. The van der Waals surface area contributed by atoms with Gasteiger partial charge in [0.25, 0.3) is 0 Å². The predicted octanol–water partition coefficient (Wildman–Crippen LogP) is 3.33. The maximum absolute atomic E-state index is 13.0. The normalized spacial score (nSPS) is 12.7. The molecule has 1 amide bonds. The monoisotopic (exact) mass is 1120 g/mol. The summed E-state index contributed by atoms with van der Waals surface area (Å²) in [6, 6.07) is 10.1. The molecule has 0 aliphatic carbocycles. The van der Waals surface area contributed by atoms with Crippen LogP contribution in [-0.4, -0.2) is 188 Å². The maximum atomic E-state index is 13.0. The van der Waals surface area contributed by atoms with Gasteiger partial charge in [0.1, 0.15) is 43.4 Å². The van der Waals surface area contributed by atoms with Crippen molar-refractivity contribution in [3.05, 3.63) is 81.9 Å². The molecule has 1 N–H and O–H groups in total. The third-order valence-corrected chi connectivity index (χ3v) is 17.9. The number of carbonyl (C=O) groups excluding carboxylic acids is 2. The van der Waals surface area contributed by atoms with Gasteiger partial charge in [-0.15, -0.1) is 10.2 Å². The fraction of sp³-hybridized carbons (Fsp3) is 0.511. The van der Waals surface area contributed by atoms with Gasteiger partial charge < -0.3 is 43.0 Å². The van der Waals surface area contributed by atoms with Crippen LogP contribution in [0.4, 0.5) is 0 Å². The number of carboxylic acids is 1. The lowest BCUT2D eigenvalue weighted by Gasteiger charge is -2.27. The molecule has 0 saturated carbocycles. The summed E-state index contributed by atoms with van der Waals surface area (Å²) in [4.78, 5) is 35.6. The van der Waals surface area contributed by atoms with Crippen molar-refractivity contribution < 1.29 is 73.2 Å². The van der Waals surface area contributed by atoms with E-state index in [1.165, 1.54) is 44.0 Å². The number of aliphatic carboxylic acids is 1. The summed E-state index contributed by atoms with van der Waals surface area (Å²) in [5, 5.41) is 15.7. The van der Waals surface area contributed by atoms with Gasteiger partial charge >= 0.3 is 5.97 Å². The minimum Gasteiger partial charge on any atom is -0.497 e. The highest BCUT2D eigenvalue weighted by molar-refractivity contribution is 7.89. The van der Waals surface area contributed by atoms with E-state index in [2.05, 4.69) is 10.2 Å². The van der Waals surface area contributed by atoms with Crippen LogP contribution in [0.15, 0.2) is 57.4 Å². The molecule has 2 heterocycles. The SMILES string of the molecule is COc1cc(C)c(S(=O)(=O)N(C)CCOCC(=O)Cl)c(C)c1.COc1cc(C)c(S(=O)(=O)N(C)CCOCC(=O)N2CCn3cnnc3C2)c(C)c1.COc1cc(C)c(S(=O)(=O)N(C)CCOCC(=O)O)c(C)c1. The van der Waals surface area contributed by atoms with Gasteiger partial charge in [0.15, 0.2) is 5.82 Å². The number of fused-ring (bicyclic) bond motifs is 1. The standard InChI is InChI=1S/C19H27N5O5S.C14H20ClNO5S.C14H21NO6S/c1-14-9-16(28-4)10-15(2)19(14)30(26,27)22(3)7-8-29-12-18(25)23-5-6-24-13-20-21-17(24)11-23;1-10-7-12(20-4)8-11(2)14(10)22(18,19)16(3)5-6-21-9-13(15)17;1-10-7-12(20-4)8-11(2)14(10)22(18,19)15(3)5-6-21-9-13(16)17/h9-10,13H,5-8,11-12H2,1-4H3;7-8H,5-6,9H2,1-4H3;7-8H,5-6,9H2,1-4H3,(H,16,17). The number of likely N-dealkylation sites (N-methyl/N-ethyl adjacent to an activating group) is 3. The van der Waals surface area contributed by atoms with E-state index >= 15 is 0 Å². The Kier molecular flexibility index (Phi) is 24.3. The van der Waals surface area contributed by atoms with Gasteiger partial charge in [-0.1, -0.05) is 0 Å². The van der Waals surface area contributed by atoms with E-state index in [9.17, 15) is 39.6 Å². The molecule has 4 aromatic rings. The lowest BCUT2D eigenvalue weighted by atomic mass is 10.1. The van der Waals surface area contributed by atoms with Crippen molar-refractivity contribution in [1.82, 2.24) is 32.6 Å². The van der Waals surface area contributed by atoms with E-state index in [0.29, 0.717) is 70.3 Å². The van der Waals surface area contributed by atoms with E-state index < -0.39 is 47.9 Å². The Morgan fingerprint density at radius 2 is 0.919 bits per heavy atom. The van der Waals surface area contributed by atoms with Crippen molar-refractivity contribution in [3.63, 3.8) is 0 Å². The highest BCUT2D eigenvalue weighted by Crippen LogP contribution is 2.30. The molecule has 0 atom stereocenters. The molecule has 1 aliphatic rings. The molecule has 1 aliphatic heterocycles. The zero-order chi connectivity index (χ0) is 55.7. The smallest absolute Gasteiger partial charge is 0.329 e. The highest BCUT2D eigenvalue weighted by atomic mass is 35.5. The molecule has 412 valence electrons. The first kappa shape index (κ1) is 63.0. The first-order chi connectivity index (χ1) is 34.6. The minimum atomic E-state index is -3.69. The van der Waals surface area contributed by atoms with Crippen LogP contribution < -0.4 is 14.2 Å². The van der Waals surface area contributed by atoms with Crippen LogP contribution in [0.5, 0.6) is 17.2 Å². The third kappa shape index (κ3) is 17.4.